The molecule has 194 valence electrons. The van der Waals surface area contributed by atoms with E-state index < -0.39 is 29.6 Å². The molecule has 3 rings (SSSR count). The van der Waals surface area contributed by atoms with Crippen molar-refractivity contribution in [2.24, 2.45) is 21.5 Å². The van der Waals surface area contributed by atoms with Crippen LogP contribution in [0.2, 0.25) is 0 Å². The maximum atomic E-state index is 14.0. The summed E-state index contributed by atoms with van der Waals surface area (Å²) in [4.78, 5) is 17.7. The Bertz CT molecular complexity index is 1380. The maximum Gasteiger partial charge on any atom is 0.451 e. The molecule has 14 heteroatoms. The number of nitrogens with one attached hydrogen (secondary N) is 2. The molecule has 0 aliphatic heterocycles. The fourth-order valence-electron chi connectivity index (χ4n) is 3.52. The summed E-state index contributed by atoms with van der Waals surface area (Å²) in [5, 5.41) is 7.24. The smallest absolute Gasteiger partial charge is 0.404 e. The summed E-state index contributed by atoms with van der Waals surface area (Å²) in [6.07, 6.45) is 1.02. The lowest BCUT2D eigenvalue weighted by Gasteiger charge is -2.15. The quantitative estimate of drug-likeness (QED) is 0.156. The molecular weight excluding hydrogens is 563 g/mol. The van der Waals surface area contributed by atoms with Crippen LogP contribution in [0.3, 0.4) is 0 Å². The second kappa shape index (κ2) is 11.4. The lowest BCUT2D eigenvalue weighted by atomic mass is 9.93. The SMILES string of the molecule is CCC(C(C=Nc1ccc(F)cc1F)=CN)c1[nH]c(C(N)=NC=N)c(-c2cnc(C(F)(F)F)nc2)c1Br. The Kier molecular flexibility index (Phi) is 8.53. The van der Waals surface area contributed by atoms with Gasteiger partial charge in [-0.15, -0.1) is 0 Å². The third-order valence-electron chi connectivity index (χ3n) is 5.23. The van der Waals surface area contributed by atoms with Crippen LogP contribution >= 0.6 is 15.9 Å². The maximum absolute atomic E-state index is 14.0. The van der Waals surface area contributed by atoms with E-state index in [0.29, 0.717) is 40.1 Å². The summed E-state index contributed by atoms with van der Waals surface area (Å²) >= 11 is 3.48. The largest absolute Gasteiger partial charge is 0.451 e. The predicted molar refractivity (Wildman–Crippen MR) is 134 cm³/mol. The van der Waals surface area contributed by atoms with Crippen molar-refractivity contribution in [1.29, 1.82) is 5.41 Å². The Hall–Kier alpha value is -3.94. The molecule has 6 N–H and O–H groups in total. The van der Waals surface area contributed by atoms with E-state index in [1.54, 1.807) is 0 Å². The number of alkyl halides is 3. The highest BCUT2D eigenvalue weighted by Gasteiger charge is 2.35. The van der Waals surface area contributed by atoms with Crippen molar-refractivity contribution in [2.45, 2.75) is 25.4 Å². The molecule has 2 aromatic heterocycles. The first-order valence-corrected chi connectivity index (χ1v) is 11.4. The minimum absolute atomic E-state index is 0.105. The molecule has 0 saturated heterocycles. The molecule has 1 atom stereocenters. The number of H-pyrrole nitrogens is 1. The number of hydrogen-bond acceptors (Lipinski definition) is 5. The Morgan fingerprint density at radius 2 is 1.92 bits per heavy atom. The van der Waals surface area contributed by atoms with Crippen LogP contribution in [0.5, 0.6) is 0 Å². The lowest BCUT2D eigenvalue weighted by molar-refractivity contribution is -0.144. The number of nitrogens with zero attached hydrogens (tertiary/aromatic N) is 4. The monoisotopic (exact) mass is 582 g/mol. The molecule has 0 spiro atoms. The van der Waals surface area contributed by atoms with Gasteiger partial charge >= 0.3 is 6.18 Å². The number of nitrogens with two attached hydrogens (primary N) is 2. The molecule has 0 bridgehead atoms. The standard InChI is InChI=1S/C23H20BrF5N8/c1-2-14(11(6-30)7-33-16-4-3-13(25)5-15(16)26)19-18(24)17(20(37-19)21(32)36-10-31)12-8-34-22(35-9-12)23(27,28)29/h3-10,14,37H,2,30H2,1H3,(H3,31,32,36). The Labute approximate surface area is 216 Å². The Morgan fingerprint density at radius 1 is 1.24 bits per heavy atom. The van der Waals surface area contributed by atoms with Gasteiger partial charge in [0.15, 0.2) is 5.82 Å². The van der Waals surface area contributed by atoms with E-state index in [1.807, 2.05) is 6.92 Å². The fourth-order valence-corrected chi connectivity index (χ4v) is 4.33. The minimum atomic E-state index is -4.72. The molecule has 0 radical (unpaired) electrons. The van der Waals surface area contributed by atoms with Gasteiger partial charge in [0, 0.05) is 51.9 Å². The van der Waals surface area contributed by atoms with Gasteiger partial charge in [-0.1, -0.05) is 6.92 Å². The molecule has 0 amide bonds. The van der Waals surface area contributed by atoms with E-state index in [4.69, 9.17) is 16.9 Å². The number of benzene rings is 1. The molecule has 1 aromatic carbocycles. The van der Waals surface area contributed by atoms with Crippen LogP contribution < -0.4 is 11.5 Å². The summed E-state index contributed by atoms with van der Waals surface area (Å²) in [6, 6.07) is 2.94. The van der Waals surface area contributed by atoms with Crippen molar-refractivity contribution < 1.29 is 22.0 Å². The van der Waals surface area contributed by atoms with Crippen LogP contribution in [0, 0.1) is 17.0 Å². The number of aliphatic imine (C=N–C) groups is 2. The van der Waals surface area contributed by atoms with E-state index in [0.717, 1.165) is 18.5 Å². The first kappa shape index (κ1) is 27.6. The van der Waals surface area contributed by atoms with Gasteiger partial charge in [-0.2, -0.15) is 13.2 Å². The number of aromatic amines is 1. The zero-order valence-electron chi connectivity index (χ0n) is 19.1. The van der Waals surface area contributed by atoms with Crippen LogP contribution in [0.4, 0.5) is 27.6 Å². The van der Waals surface area contributed by atoms with Gasteiger partial charge in [-0.3, -0.25) is 10.4 Å². The molecule has 1 unspecified atom stereocenters. The molecule has 2 heterocycles. The first-order valence-electron chi connectivity index (χ1n) is 10.6. The number of allylic oxidation sites excluding steroid dienone is 1. The first-order chi connectivity index (χ1) is 17.5. The lowest BCUT2D eigenvalue weighted by Crippen LogP contribution is -2.16. The van der Waals surface area contributed by atoms with E-state index >= 15 is 0 Å². The predicted octanol–water partition coefficient (Wildman–Crippen LogP) is 5.58. The highest BCUT2D eigenvalue weighted by molar-refractivity contribution is 9.10. The summed E-state index contributed by atoms with van der Waals surface area (Å²) in [5.74, 6) is -3.52. The van der Waals surface area contributed by atoms with E-state index in [9.17, 15) is 22.0 Å². The average molecular weight is 583 g/mol. The van der Waals surface area contributed by atoms with Gasteiger partial charge < -0.3 is 16.5 Å². The van der Waals surface area contributed by atoms with Gasteiger partial charge in [0.1, 0.15) is 18.0 Å². The van der Waals surface area contributed by atoms with Crippen molar-refractivity contribution in [3.8, 4) is 11.1 Å². The van der Waals surface area contributed by atoms with Gasteiger partial charge in [0.05, 0.1) is 11.4 Å². The van der Waals surface area contributed by atoms with Crippen molar-refractivity contribution in [3.05, 3.63) is 75.7 Å². The Balaban J connectivity index is 2.11. The van der Waals surface area contributed by atoms with Crippen molar-refractivity contribution in [3.63, 3.8) is 0 Å². The number of rotatable bonds is 8. The number of hydrogen-bond donors (Lipinski definition) is 4. The molecule has 37 heavy (non-hydrogen) atoms. The Morgan fingerprint density at radius 3 is 2.46 bits per heavy atom. The van der Waals surface area contributed by atoms with E-state index in [2.05, 4.69) is 40.9 Å². The minimum Gasteiger partial charge on any atom is -0.404 e. The second-order valence-electron chi connectivity index (χ2n) is 7.52. The number of amidine groups is 1. The topological polar surface area (TPSA) is 142 Å². The molecule has 0 aliphatic rings. The number of aromatic nitrogens is 3. The highest BCUT2D eigenvalue weighted by atomic mass is 79.9. The number of halogens is 6. The highest BCUT2D eigenvalue weighted by Crippen LogP contribution is 2.41. The van der Waals surface area contributed by atoms with Crippen LogP contribution in [0.15, 0.2) is 56.8 Å². The second-order valence-corrected chi connectivity index (χ2v) is 8.31. The summed E-state index contributed by atoms with van der Waals surface area (Å²) in [7, 11) is 0. The van der Waals surface area contributed by atoms with Gasteiger partial charge in [0.25, 0.3) is 0 Å². The molecule has 3 aromatic rings. The average Bonchev–Trinajstić information content (AvgIpc) is 3.19. The van der Waals surface area contributed by atoms with Gasteiger partial charge in [-0.05, 0) is 46.3 Å². The van der Waals surface area contributed by atoms with Crippen molar-refractivity contribution >= 4 is 40.0 Å². The summed E-state index contributed by atoms with van der Waals surface area (Å²) in [5.41, 5.74) is 13.4. The zero-order chi connectivity index (χ0) is 27.3. The molecule has 0 saturated carbocycles. The van der Waals surface area contributed by atoms with Gasteiger partial charge in [-0.25, -0.2) is 23.7 Å². The van der Waals surface area contributed by atoms with Crippen LogP contribution in [-0.4, -0.2) is 33.3 Å². The third kappa shape index (κ3) is 6.07. The molecule has 0 aliphatic carbocycles. The normalized spacial score (nSPS) is 13.8. The molecular formula is C23H20BrF5N8. The summed E-state index contributed by atoms with van der Waals surface area (Å²) < 4.78 is 66.5. The summed E-state index contributed by atoms with van der Waals surface area (Å²) in [6.45, 7) is 1.84. The van der Waals surface area contributed by atoms with Crippen molar-refractivity contribution in [2.75, 3.05) is 0 Å². The molecule has 0 fully saturated rings. The van der Waals surface area contributed by atoms with Crippen LogP contribution in [-0.2, 0) is 6.18 Å². The third-order valence-corrected chi connectivity index (χ3v) is 6.06. The fraction of sp³-hybridized carbons (Fsp3) is 0.174. The van der Waals surface area contributed by atoms with Gasteiger partial charge in [0.2, 0.25) is 5.82 Å². The zero-order valence-corrected chi connectivity index (χ0v) is 20.7. The van der Waals surface area contributed by atoms with Crippen LogP contribution in [0.1, 0.15) is 36.5 Å². The van der Waals surface area contributed by atoms with Crippen molar-refractivity contribution in [1.82, 2.24) is 15.0 Å². The van der Waals surface area contributed by atoms with E-state index in [1.165, 1.54) is 18.5 Å². The van der Waals surface area contributed by atoms with E-state index in [-0.39, 0.29) is 22.8 Å². The van der Waals surface area contributed by atoms with Crippen LogP contribution in [0.25, 0.3) is 11.1 Å². The molecule has 8 nitrogen and oxygen atoms in total.